The van der Waals surface area contributed by atoms with E-state index in [0.717, 1.165) is 10.2 Å². The topological polar surface area (TPSA) is 61.4 Å². The lowest BCUT2D eigenvalue weighted by molar-refractivity contribution is -0.120. The van der Waals surface area contributed by atoms with E-state index in [4.69, 9.17) is 0 Å². The van der Waals surface area contributed by atoms with Gasteiger partial charge in [0.15, 0.2) is 0 Å². The number of hydrogen-bond donors (Lipinski definition) is 2. The lowest BCUT2D eigenvalue weighted by Gasteiger charge is -2.19. The Hall–Kier alpha value is -2.34. The molecule has 0 aliphatic heterocycles. The zero-order chi connectivity index (χ0) is 17.4. The highest BCUT2D eigenvalue weighted by atomic mass is 79.9. The second-order valence-corrected chi connectivity index (χ2v) is 6.22. The smallest absolute Gasteiger partial charge is 0.251 e. The van der Waals surface area contributed by atoms with Gasteiger partial charge in [0.2, 0.25) is 5.91 Å². The molecule has 0 aliphatic carbocycles. The number of rotatable bonds is 7. The quantitative estimate of drug-likeness (QED) is 0.764. The minimum absolute atomic E-state index is 0.0413. The average Bonchev–Trinajstić information content (AvgIpc) is 2.60. The number of benzene rings is 2. The number of para-hydroxylation sites is 1. The second-order valence-electron chi connectivity index (χ2n) is 5.30. The molecule has 0 heterocycles. The van der Waals surface area contributed by atoms with E-state index in [-0.39, 0.29) is 18.4 Å². The van der Waals surface area contributed by atoms with Crippen molar-refractivity contribution in [2.45, 2.75) is 0 Å². The van der Waals surface area contributed by atoms with Crippen LogP contribution in [0.2, 0.25) is 0 Å². The molecule has 2 N–H and O–H groups in total. The first-order chi connectivity index (χ1) is 11.6. The molecule has 126 valence electrons. The number of anilines is 1. The molecule has 0 saturated carbocycles. The lowest BCUT2D eigenvalue weighted by Crippen LogP contribution is -2.40. The van der Waals surface area contributed by atoms with Crippen molar-refractivity contribution in [3.05, 3.63) is 64.6 Å². The summed E-state index contributed by atoms with van der Waals surface area (Å²) in [5.74, 6) is -0.479. The first kappa shape index (κ1) is 18.0. The van der Waals surface area contributed by atoms with Crippen LogP contribution >= 0.6 is 15.9 Å². The van der Waals surface area contributed by atoms with Crippen molar-refractivity contribution < 1.29 is 9.59 Å². The number of nitrogens with zero attached hydrogens (tertiary/aromatic N) is 1. The molecule has 0 aliphatic rings. The van der Waals surface area contributed by atoms with Gasteiger partial charge in [-0.15, -0.1) is 0 Å². The third kappa shape index (κ3) is 5.70. The summed E-state index contributed by atoms with van der Waals surface area (Å²) in [7, 11) is 1.97. The largest absolute Gasteiger partial charge is 0.373 e. The predicted octanol–water partition coefficient (Wildman–Crippen LogP) is 2.43. The van der Waals surface area contributed by atoms with Gasteiger partial charge in [-0.25, -0.2) is 0 Å². The number of carbonyl (C=O) groups excluding carboxylic acids is 2. The Morgan fingerprint density at radius 3 is 2.50 bits per heavy atom. The zero-order valence-electron chi connectivity index (χ0n) is 13.5. The number of carbonyl (C=O) groups is 2. The minimum Gasteiger partial charge on any atom is -0.373 e. The molecule has 0 fully saturated rings. The van der Waals surface area contributed by atoms with Crippen LogP contribution in [0.5, 0.6) is 0 Å². The second kappa shape index (κ2) is 9.08. The molecule has 0 aromatic heterocycles. The molecule has 0 unspecified atom stereocenters. The fourth-order valence-corrected chi connectivity index (χ4v) is 2.53. The minimum atomic E-state index is -0.271. The molecule has 24 heavy (non-hydrogen) atoms. The number of likely N-dealkylation sites (N-methyl/N-ethyl adjacent to an activating group) is 1. The van der Waals surface area contributed by atoms with E-state index in [1.54, 1.807) is 18.2 Å². The maximum absolute atomic E-state index is 11.9. The molecule has 0 atom stereocenters. The Morgan fingerprint density at radius 2 is 1.79 bits per heavy atom. The number of halogens is 1. The van der Waals surface area contributed by atoms with Gasteiger partial charge in [0.25, 0.3) is 5.91 Å². The van der Waals surface area contributed by atoms with Gasteiger partial charge in [-0.05, 0) is 30.3 Å². The summed E-state index contributed by atoms with van der Waals surface area (Å²) in [6, 6.07) is 17.0. The van der Waals surface area contributed by atoms with Crippen LogP contribution in [-0.2, 0) is 4.79 Å². The Bertz CT molecular complexity index is 692. The maximum Gasteiger partial charge on any atom is 0.251 e. The fraction of sp³-hybridized carbons (Fsp3) is 0.222. The van der Waals surface area contributed by atoms with Crippen LogP contribution < -0.4 is 15.5 Å². The van der Waals surface area contributed by atoms with Gasteiger partial charge in [0.1, 0.15) is 0 Å². The summed E-state index contributed by atoms with van der Waals surface area (Å²) < 4.78 is 0.823. The van der Waals surface area contributed by atoms with E-state index in [2.05, 4.69) is 31.5 Å². The van der Waals surface area contributed by atoms with Gasteiger partial charge < -0.3 is 15.5 Å². The normalized spacial score (nSPS) is 10.1. The highest BCUT2D eigenvalue weighted by molar-refractivity contribution is 9.10. The molecule has 0 radical (unpaired) electrons. The zero-order valence-corrected chi connectivity index (χ0v) is 15.0. The molecule has 2 aromatic carbocycles. The van der Waals surface area contributed by atoms with Crippen LogP contribution in [-0.4, -0.2) is 38.5 Å². The third-order valence-corrected chi connectivity index (χ3v) is 3.96. The van der Waals surface area contributed by atoms with Crippen molar-refractivity contribution in [1.29, 1.82) is 0 Å². The number of amides is 2. The van der Waals surface area contributed by atoms with E-state index >= 15 is 0 Å². The summed E-state index contributed by atoms with van der Waals surface area (Å²) in [5, 5.41) is 5.41. The molecule has 2 rings (SSSR count). The molecule has 6 heteroatoms. The monoisotopic (exact) mass is 389 g/mol. The molecule has 0 spiro atoms. The summed E-state index contributed by atoms with van der Waals surface area (Å²) in [6.45, 7) is 1.16. The van der Waals surface area contributed by atoms with Gasteiger partial charge in [-0.1, -0.05) is 40.2 Å². The number of nitrogens with one attached hydrogen (secondary N) is 2. The van der Waals surface area contributed by atoms with Gasteiger partial charge in [-0.2, -0.15) is 0 Å². The molecule has 0 saturated heterocycles. The van der Waals surface area contributed by atoms with E-state index in [0.29, 0.717) is 18.7 Å². The third-order valence-electron chi connectivity index (χ3n) is 3.46. The molecular weight excluding hydrogens is 370 g/mol. The summed E-state index contributed by atoms with van der Waals surface area (Å²) in [6.07, 6.45) is 0. The van der Waals surface area contributed by atoms with Crippen molar-refractivity contribution in [1.82, 2.24) is 10.6 Å². The first-order valence-electron chi connectivity index (χ1n) is 7.63. The van der Waals surface area contributed by atoms with Crippen molar-refractivity contribution in [3.63, 3.8) is 0 Å². The van der Waals surface area contributed by atoms with Crippen LogP contribution in [0.1, 0.15) is 10.4 Å². The van der Waals surface area contributed by atoms with Crippen LogP contribution in [0, 0.1) is 0 Å². The lowest BCUT2D eigenvalue weighted by atomic mass is 10.2. The van der Waals surface area contributed by atoms with Gasteiger partial charge in [0, 0.05) is 35.9 Å². The van der Waals surface area contributed by atoms with E-state index in [1.165, 1.54) is 0 Å². The van der Waals surface area contributed by atoms with Crippen LogP contribution in [0.3, 0.4) is 0 Å². The van der Waals surface area contributed by atoms with Crippen molar-refractivity contribution in [2.24, 2.45) is 0 Å². The average molecular weight is 390 g/mol. The van der Waals surface area contributed by atoms with E-state index in [1.807, 2.05) is 43.4 Å². The fourth-order valence-electron chi connectivity index (χ4n) is 2.13. The maximum atomic E-state index is 11.9. The molecular formula is C18H20BrN3O2. The first-order valence-corrected chi connectivity index (χ1v) is 8.42. The molecule has 5 nitrogen and oxygen atoms in total. The Kier molecular flexibility index (Phi) is 6.81. The predicted molar refractivity (Wildman–Crippen MR) is 99.2 cm³/mol. The molecule has 2 amide bonds. The highest BCUT2D eigenvalue weighted by Crippen LogP contribution is 2.11. The van der Waals surface area contributed by atoms with Gasteiger partial charge in [-0.3, -0.25) is 9.59 Å². The van der Waals surface area contributed by atoms with Crippen LogP contribution in [0.15, 0.2) is 59.1 Å². The summed E-state index contributed by atoms with van der Waals surface area (Å²) >= 11 is 3.31. The highest BCUT2D eigenvalue weighted by Gasteiger charge is 2.08. The van der Waals surface area contributed by atoms with Gasteiger partial charge in [0.05, 0.1) is 6.54 Å². The van der Waals surface area contributed by atoms with Crippen molar-refractivity contribution in [2.75, 3.05) is 31.6 Å². The van der Waals surface area contributed by atoms with Crippen molar-refractivity contribution >= 4 is 33.4 Å². The summed E-state index contributed by atoms with van der Waals surface area (Å²) in [4.78, 5) is 25.8. The standard InChI is InChI=1S/C18H20BrN3O2/c1-22(16-8-3-2-4-9-16)11-10-20-17(23)13-21-18(24)14-6-5-7-15(19)12-14/h2-9,12H,10-11,13H2,1H3,(H,20,23)(H,21,24). The molecule has 0 bridgehead atoms. The van der Waals surface area contributed by atoms with Crippen LogP contribution in [0.4, 0.5) is 5.69 Å². The van der Waals surface area contributed by atoms with Crippen LogP contribution in [0.25, 0.3) is 0 Å². The van der Waals surface area contributed by atoms with Gasteiger partial charge >= 0.3 is 0 Å². The Balaban J connectivity index is 1.69. The van der Waals surface area contributed by atoms with Crippen molar-refractivity contribution in [3.8, 4) is 0 Å². The molecule has 2 aromatic rings. The van der Waals surface area contributed by atoms with E-state index < -0.39 is 0 Å². The number of hydrogen-bond acceptors (Lipinski definition) is 3. The summed E-state index contributed by atoms with van der Waals surface area (Å²) in [5.41, 5.74) is 1.61. The SMILES string of the molecule is CN(CCNC(=O)CNC(=O)c1cccc(Br)c1)c1ccccc1. The Morgan fingerprint density at radius 1 is 1.04 bits per heavy atom. The Labute approximate surface area is 150 Å². The van der Waals surface area contributed by atoms with E-state index in [9.17, 15) is 9.59 Å².